The van der Waals surface area contributed by atoms with Crippen LogP contribution in [0.15, 0.2) is 60.6 Å². The lowest BCUT2D eigenvalue weighted by molar-refractivity contribution is 0.101. The van der Waals surface area contributed by atoms with Gasteiger partial charge < -0.3 is 9.84 Å². The highest BCUT2D eigenvalue weighted by Gasteiger charge is 2.35. The van der Waals surface area contributed by atoms with E-state index in [1.165, 1.54) is 11.1 Å². The average molecular weight is 483 g/mol. The van der Waals surface area contributed by atoms with Crippen LogP contribution in [0, 0.1) is 6.92 Å². The van der Waals surface area contributed by atoms with Crippen molar-refractivity contribution in [3.8, 4) is 11.5 Å². The molecule has 2 aromatic carbocycles. The van der Waals surface area contributed by atoms with Gasteiger partial charge in [-0.05, 0) is 72.2 Å². The number of ketones is 1. The second kappa shape index (κ2) is 9.55. The quantitative estimate of drug-likeness (QED) is 0.418. The molecule has 36 heavy (non-hydrogen) atoms. The Hall–Kier alpha value is -3.44. The number of rotatable bonds is 4. The Labute approximate surface area is 213 Å². The number of aromatic nitrogens is 1. The molecule has 0 bridgehead atoms. The standard InChI is InChI=1S/C31H34N2O3/c1-20-16-26(34)24(19-33-15-6-5-9-25(33)22-8-7-14-32-18-22)30-28(20)29(35)27(36-30)17-21-10-12-23(13-11-21)31(2,3)4/h7-8,10-14,16-18,25,34H,5-6,9,15,19H2,1-4H3/b27-17-/t25-/m0/s1. The summed E-state index contributed by atoms with van der Waals surface area (Å²) in [5.41, 5.74) is 5.34. The topological polar surface area (TPSA) is 62.7 Å². The lowest BCUT2D eigenvalue weighted by Crippen LogP contribution is -2.33. The number of hydrogen-bond donors (Lipinski definition) is 1. The molecule has 1 N–H and O–H groups in total. The summed E-state index contributed by atoms with van der Waals surface area (Å²) in [6.07, 6.45) is 8.81. The third kappa shape index (κ3) is 4.68. The maximum absolute atomic E-state index is 13.4. The molecule has 1 saturated heterocycles. The number of likely N-dealkylation sites (tertiary alicyclic amines) is 1. The number of aromatic hydroxyl groups is 1. The van der Waals surface area contributed by atoms with Crippen LogP contribution in [0.1, 0.15) is 84.3 Å². The van der Waals surface area contributed by atoms with E-state index in [0.717, 1.165) is 36.9 Å². The normalized spacial score (nSPS) is 19.4. The average Bonchev–Trinajstić information content (AvgIpc) is 3.18. The summed E-state index contributed by atoms with van der Waals surface area (Å²) in [6.45, 7) is 9.81. The van der Waals surface area contributed by atoms with Crippen molar-refractivity contribution >= 4 is 11.9 Å². The van der Waals surface area contributed by atoms with Crippen LogP contribution in [-0.2, 0) is 12.0 Å². The minimum atomic E-state index is -0.133. The van der Waals surface area contributed by atoms with Crippen molar-refractivity contribution in [3.63, 3.8) is 0 Å². The summed E-state index contributed by atoms with van der Waals surface area (Å²) in [5, 5.41) is 11.0. The number of benzene rings is 2. The molecule has 1 fully saturated rings. The molecule has 0 radical (unpaired) electrons. The SMILES string of the molecule is Cc1cc(O)c(CN2CCCC[C@H]2c2cccnc2)c2c1C(=O)/C(=C/c1ccc(C(C)(C)C)cc1)O2. The van der Waals surface area contributed by atoms with Gasteiger partial charge in [0.25, 0.3) is 0 Å². The van der Waals surface area contributed by atoms with Crippen LogP contribution < -0.4 is 4.74 Å². The van der Waals surface area contributed by atoms with Crippen LogP contribution in [0.4, 0.5) is 0 Å². The van der Waals surface area contributed by atoms with Gasteiger partial charge in [-0.15, -0.1) is 0 Å². The molecule has 2 aliphatic rings. The van der Waals surface area contributed by atoms with E-state index in [9.17, 15) is 9.90 Å². The van der Waals surface area contributed by atoms with Crippen LogP contribution in [-0.4, -0.2) is 27.3 Å². The Morgan fingerprint density at radius 3 is 2.64 bits per heavy atom. The Morgan fingerprint density at radius 1 is 1.17 bits per heavy atom. The number of phenolic OH excluding ortho intramolecular Hbond substituents is 1. The van der Waals surface area contributed by atoms with E-state index in [1.54, 1.807) is 18.3 Å². The van der Waals surface area contributed by atoms with Crippen LogP contribution in [0.5, 0.6) is 11.5 Å². The number of aryl methyl sites for hydroxylation is 1. The van der Waals surface area contributed by atoms with Gasteiger partial charge in [0.2, 0.25) is 5.78 Å². The van der Waals surface area contributed by atoms with E-state index < -0.39 is 0 Å². The van der Waals surface area contributed by atoms with Gasteiger partial charge in [-0.3, -0.25) is 14.7 Å². The van der Waals surface area contributed by atoms with Crippen molar-refractivity contribution in [2.75, 3.05) is 6.54 Å². The fraction of sp³-hybridized carbons (Fsp3) is 0.355. The Morgan fingerprint density at radius 2 is 1.94 bits per heavy atom. The number of piperidine rings is 1. The molecule has 0 spiro atoms. The van der Waals surface area contributed by atoms with Crippen molar-refractivity contribution in [2.24, 2.45) is 0 Å². The number of Topliss-reactive ketones (excluding diaryl/α,β-unsaturated/α-hetero) is 1. The van der Waals surface area contributed by atoms with E-state index in [2.05, 4.69) is 48.9 Å². The number of phenols is 1. The summed E-state index contributed by atoms with van der Waals surface area (Å²) in [4.78, 5) is 20.1. The fourth-order valence-corrected chi connectivity index (χ4v) is 5.30. The highest BCUT2D eigenvalue weighted by molar-refractivity contribution is 6.15. The second-order valence-electron chi connectivity index (χ2n) is 11.0. The number of pyridine rings is 1. The summed E-state index contributed by atoms with van der Waals surface area (Å²) < 4.78 is 6.21. The summed E-state index contributed by atoms with van der Waals surface area (Å²) in [5.74, 6) is 0.827. The zero-order chi connectivity index (χ0) is 25.4. The summed E-state index contributed by atoms with van der Waals surface area (Å²) in [6, 6.07) is 14.2. The fourth-order valence-electron chi connectivity index (χ4n) is 5.30. The van der Waals surface area contributed by atoms with E-state index in [1.807, 2.05) is 31.3 Å². The van der Waals surface area contributed by atoms with E-state index in [4.69, 9.17) is 4.74 Å². The van der Waals surface area contributed by atoms with E-state index >= 15 is 0 Å². The predicted octanol–water partition coefficient (Wildman–Crippen LogP) is 6.74. The Kier molecular flexibility index (Phi) is 6.44. The maximum atomic E-state index is 13.4. The van der Waals surface area contributed by atoms with Crippen LogP contribution in [0.25, 0.3) is 6.08 Å². The Bertz CT molecular complexity index is 1300. The molecule has 3 aromatic rings. The summed E-state index contributed by atoms with van der Waals surface area (Å²) in [7, 11) is 0. The molecule has 0 amide bonds. The van der Waals surface area contributed by atoms with E-state index in [-0.39, 0.29) is 23.0 Å². The van der Waals surface area contributed by atoms with Gasteiger partial charge in [-0.2, -0.15) is 0 Å². The van der Waals surface area contributed by atoms with Gasteiger partial charge >= 0.3 is 0 Å². The van der Waals surface area contributed by atoms with Gasteiger partial charge in [0.05, 0.1) is 11.1 Å². The van der Waals surface area contributed by atoms with Gasteiger partial charge in [-0.1, -0.05) is 57.5 Å². The van der Waals surface area contributed by atoms with E-state index in [0.29, 0.717) is 29.2 Å². The minimum absolute atomic E-state index is 0.0627. The number of ether oxygens (including phenoxy) is 1. The lowest BCUT2D eigenvalue weighted by Gasteiger charge is -2.36. The molecule has 1 aromatic heterocycles. The Balaban J connectivity index is 1.46. The smallest absolute Gasteiger partial charge is 0.232 e. The third-order valence-electron chi connectivity index (χ3n) is 7.34. The molecule has 2 aliphatic heterocycles. The molecule has 5 nitrogen and oxygen atoms in total. The largest absolute Gasteiger partial charge is 0.507 e. The third-order valence-corrected chi connectivity index (χ3v) is 7.34. The molecule has 0 saturated carbocycles. The first-order valence-electron chi connectivity index (χ1n) is 12.8. The highest BCUT2D eigenvalue weighted by atomic mass is 16.5. The molecular formula is C31H34N2O3. The summed E-state index contributed by atoms with van der Waals surface area (Å²) >= 11 is 0. The number of fused-ring (bicyclic) bond motifs is 1. The van der Waals surface area contributed by atoms with Crippen molar-refractivity contribution < 1.29 is 14.6 Å². The minimum Gasteiger partial charge on any atom is -0.507 e. The van der Waals surface area contributed by atoms with Crippen molar-refractivity contribution in [2.45, 2.75) is 65.0 Å². The molecule has 5 rings (SSSR count). The molecule has 3 heterocycles. The first-order chi connectivity index (χ1) is 17.2. The number of hydrogen-bond acceptors (Lipinski definition) is 5. The number of carbonyl (C=O) groups excluding carboxylic acids is 1. The van der Waals surface area contributed by atoms with Gasteiger partial charge in [0.15, 0.2) is 5.76 Å². The molecule has 5 heteroatoms. The molecular weight excluding hydrogens is 448 g/mol. The monoisotopic (exact) mass is 482 g/mol. The second-order valence-corrected chi connectivity index (χ2v) is 11.0. The number of carbonyl (C=O) groups is 1. The molecule has 0 unspecified atom stereocenters. The van der Waals surface area contributed by atoms with Crippen LogP contribution in [0.2, 0.25) is 0 Å². The van der Waals surface area contributed by atoms with Gasteiger partial charge in [0.1, 0.15) is 11.5 Å². The first kappa shape index (κ1) is 24.3. The zero-order valence-corrected chi connectivity index (χ0v) is 21.5. The van der Waals surface area contributed by atoms with Crippen molar-refractivity contribution in [1.29, 1.82) is 0 Å². The first-order valence-corrected chi connectivity index (χ1v) is 12.8. The zero-order valence-electron chi connectivity index (χ0n) is 21.5. The number of allylic oxidation sites excluding steroid dienone is 1. The lowest BCUT2D eigenvalue weighted by atomic mass is 9.86. The van der Waals surface area contributed by atoms with Gasteiger partial charge in [0, 0.05) is 25.0 Å². The molecule has 186 valence electrons. The molecule has 1 atom stereocenters. The van der Waals surface area contributed by atoms with Crippen molar-refractivity contribution in [1.82, 2.24) is 9.88 Å². The van der Waals surface area contributed by atoms with Crippen molar-refractivity contribution in [3.05, 3.63) is 94.0 Å². The molecule has 0 aliphatic carbocycles. The maximum Gasteiger partial charge on any atom is 0.232 e. The number of nitrogens with zero attached hydrogens (tertiary/aromatic N) is 2. The van der Waals surface area contributed by atoms with Gasteiger partial charge in [-0.25, -0.2) is 0 Å². The van der Waals surface area contributed by atoms with Crippen LogP contribution in [0.3, 0.4) is 0 Å². The van der Waals surface area contributed by atoms with Crippen LogP contribution >= 0.6 is 0 Å². The highest BCUT2D eigenvalue weighted by Crippen LogP contribution is 2.44. The predicted molar refractivity (Wildman–Crippen MR) is 142 cm³/mol.